The van der Waals surface area contributed by atoms with Crippen molar-refractivity contribution in [1.29, 1.82) is 0 Å². The van der Waals surface area contributed by atoms with Crippen molar-refractivity contribution in [3.8, 4) is 0 Å². The van der Waals surface area contributed by atoms with E-state index >= 15 is 0 Å². The SMILES string of the molecule is CCC(Cc1nc(C2CN(C)CCCN2C)no1)NC. The summed E-state index contributed by atoms with van der Waals surface area (Å²) in [5.74, 6) is 1.56. The van der Waals surface area contributed by atoms with Crippen LogP contribution in [-0.4, -0.2) is 66.8 Å². The fourth-order valence-corrected chi connectivity index (χ4v) is 2.70. The van der Waals surface area contributed by atoms with Gasteiger partial charge in [0.1, 0.15) is 0 Å². The summed E-state index contributed by atoms with van der Waals surface area (Å²) in [5, 5.41) is 7.47. The normalized spacial score (nSPS) is 23.7. The molecule has 1 aromatic rings. The molecule has 6 heteroatoms. The molecule has 114 valence electrons. The van der Waals surface area contributed by atoms with Crippen LogP contribution >= 0.6 is 0 Å². The van der Waals surface area contributed by atoms with Gasteiger partial charge in [-0.15, -0.1) is 0 Å². The Bertz CT molecular complexity index is 404. The van der Waals surface area contributed by atoms with Gasteiger partial charge in [0, 0.05) is 19.0 Å². The highest BCUT2D eigenvalue weighted by Gasteiger charge is 2.26. The first-order valence-electron chi connectivity index (χ1n) is 7.52. The lowest BCUT2D eigenvalue weighted by Gasteiger charge is -2.24. The Kier molecular flexibility index (Phi) is 5.51. The van der Waals surface area contributed by atoms with Crippen molar-refractivity contribution in [3.05, 3.63) is 11.7 Å². The molecule has 0 saturated carbocycles. The third-order valence-corrected chi connectivity index (χ3v) is 4.17. The molecule has 2 rings (SSSR count). The van der Waals surface area contributed by atoms with Crippen molar-refractivity contribution >= 4 is 0 Å². The molecule has 0 bridgehead atoms. The first-order chi connectivity index (χ1) is 9.63. The van der Waals surface area contributed by atoms with Gasteiger partial charge in [0.25, 0.3) is 0 Å². The van der Waals surface area contributed by atoms with Gasteiger partial charge in [0.15, 0.2) is 5.82 Å². The molecule has 1 saturated heterocycles. The second-order valence-electron chi connectivity index (χ2n) is 5.76. The predicted molar refractivity (Wildman–Crippen MR) is 78.6 cm³/mol. The zero-order valence-electron chi connectivity index (χ0n) is 13.1. The van der Waals surface area contributed by atoms with E-state index in [1.54, 1.807) is 0 Å². The Balaban J connectivity index is 2.06. The zero-order chi connectivity index (χ0) is 14.5. The van der Waals surface area contributed by atoms with Gasteiger partial charge in [0.05, 0.1) is 6.04 Å². The van der Waals surface area contributed by atoms with E-state index in [1.807, 2.05) is 7.05 Å². The maximum atomic E-state index is 5.43. The molecule has 20 heavy (non-hydrogen) atoms. The van der Waals surface area contributed by atoms with Crippen LogP contribution in [0.4, 0.5) is 0 Å². The average Bonchev–Trinajstić information content (AvgIpc) is 2.83. The first-order valence-corrected chi connectivity index (χ1v) is 7.52. The lowest BCUT2D eigenvalue weighted by molar-refractivity contribution is 0.214. The average molecular weight is 281 g/mol. The number of hydrogen-bond acceptors (Lipinski definition) is 6. The fourth-order valence-electron chi connectivity index (χ4n) is 2.70. The highest BCUT2D eigenvalue weighted by Crippen LogP contribution is 2.21. The van der Waals surface area contributed by atoms with Gasteiger partial charge in [-0.1, -0.05) is 12.1 Å². The summed E-state index contributed by atoms with van der Waals surface area (Å²) in [6.45, 7) is 5.32. The lowest BCUT2D eigenvalue weighted by Crippen LogP contribution is -2.31. The topological polar surface area (TPSA) is 57.4 Å². The van der Waals surface area contributed by atoms with Crippen molar-refractivity contribution in [2.75, 3.05) is 40.8 Å². The summed E-state index contributed by atoms with van der Waals surface area (Å²) in [4.78, 5) is 9.28. The third-order valence-electron chi connectivity index (χ3n) is 4.17. The van der Waals surface area contributed by atoms with E-state index in [-0.39, 0.29) is 6.04 Å². The molecule has 0 aliphatic carbocycles. The molecule has 1 N–H and O–H groups in total. The van der Waals surface area contributed by atoms with Crippen molar-refractivity contribution in [2.45, 2.75) is 38.3 Å². The van der Waals surface area contributed by atoms with Crippen LogP contribution in [0.3, 0.4) is 0 Å². The molecular weight excluding hydrogens is 254 g/mol. The van der Waals surface area contributed by atoms with Crippen LogP contribution in [0.25, 0.3) is 0 Å². The minimum atomic E-state index is 0.231. The molecule has 1 aliphatic rings. The van der Waals surface area contributed by atoms with Crippen LogP contribution < -0.4 is 5.32 Å². The molecule has 0 aromatic carbocycles. The minimum Gasteiger partial charge on any atom is -0.339 e. The summed E-state index contributed by atoms with van der Waals surface area (Å²) < 4.78 is 5.43. The van der Waals surface area contributed by atoms with Gasteiger partial charge in [0.2, 0.25) is 5.89 Å². The van der Waals surface area contributed by atoms with E-state index < -0.39 is 0 Å². The second-order valence-corrected chi connectivity index (χ2v) is 5.76. The van der Waals surface area contributed by atoms with Gasteiger partial charge in [-0.2, -0.15) is 4.98 Å². The van der Waals surface area contributed by atoms with Crippen LogP contribution in [0.1, 0.15) is 37.5 Å². The molecule has 1 fully saturated rings. The van der Waals surface area contributed by atoms with E-state index in [1.165, 1.54) is 6.42 Å². The summed E-state index contributed by atoms with van der Waals surface area (Å²) in [5.41, 5.74) is 0. The Labute approximate surface area is 121 Å². The molecular formula is C14H27N5O. The molecule has 2 heterocycles. The van der Waals surface area contributed by atoms with E-state index in [0.717, 1.165) is 44.2 Å². The van der Waals surface area contributed by atoms with E-state index in [4.69, 9.17) is 4.52 Å². The number of nitrogens with one attached hydrogen (secondary N) is 1. The maximum absolute atomic E-state index is 5.43. The highest BCUT2D eigenvalue weighted by atomic mass is 16.5. The third kappa shape index (κ3) is 3.77. The molecule has 2 atom stereocenters. The largest absolute Gasteiger partial charge is 0.339 e. The van der Waals surface area contributed by atoms with Crippen LogP contribution in [-0.2, 0) is 6.42 Å². The molecule has 6 nitrogen and oxygen atoms in total. The molecule has 0 radical (unpaired) electrons. The molecule has 1 aromatic heterocycles. The minimum absolute atomic E-state index is 0.231. The fraction of sp³-hybridized carbons (Fsp3) is 0.857. The summed E-state index contributed by atoms with van der Waals surface area (Å²) >= 11 is 0. The molecule has 0 spiro atoms. The summed E-state index contributed by atoms with van der Waals surface area (Å²) in [6.07, 6.45) is 3.04. The van der Waals surface area contributed by atoms with E-state index in [0.29, 0.717) is 6.04 Å². The molecule has 0 amide bonds. The number of likely N-dealkylation sites (N-methyl/N-ethyl adjacent to an activating group) is 3. The van der Waals surface area contributed by atoms with E-state index in [9.17, 15) is 0 Å². The van der Waals surface area contributed by atoms with Crippen LogP contribution in [0.5, 0.6) is 0 Å². The summed E-state index contributed by atoms with van der Waals surface area (Å²) in [7, 11) is 6.27. The first kappa shape index (κ1) is 15.4. The van der Waals surface area contributed by atoms with Crippen molar-refractivity contribution in [2.24, 2.45) is 0 Å². The van der Waals surface area contributed by atoms with Gasteiger partial charge >= 0.3 is 0 Å². The van der Waals surface area contributed by atoms with Crippen molar-refractivity contribution in [1.82, 2.24) is 25.3 Å². The second kappa shape index (κ2) is 7.15. The monoisotopic (exact) mass is 281 g/mol. The predicted octanol–water partition coefficient (Wildman–Crippen LogP) is 0.919. The highest BCUT2D eigenvalue weighted by molar-refractivity contribution is 4.98. The van der Waals surface area contributed by atoms with Gasteiger partial charge < -0.3 is 14.7 Å². The van der Waals surface area contributed by atoms with Crippen molar-refractivity contribution in [3.63, 3.8) is 0 Å². The van der Waals surface area contributed by atoms with E-state index in [2.05, 4.69) is 46.3 Å². The Morgan fingerprint density at radius 3 is 2.90 bits per heavy atom. The van der Waals surface area contributed by atoms with Crippen LogP contribution in [0, 0.1) is 0 Å². The quantitative estimate of drug-likeness (QED) is 0.866. The Morgan fingerprint density at radius 2 is 2.20 bits per heavy atom. The number of rotatable bonds is 5. The van der Waals surface area contributed by atoms with Gasteiger partial charge in [-0.25, -0.2) is 0 Å². The summed E-state index contributed by atoms with van der Waals surface area (Å²) in [6, 6.07) is 0.632. The maximum Gasteiger partial charge on any atom is 0.228 e. The van der Waals surface area contributed by atoms with Gasteiger partial charge in [-0.3, -0.25) is 4.90 Å². The zero-order valence-corrected chi connectivity index (χ0v) is 13.1. The number of hydrogen-bond donors (Lipinski definition) is 1. The lowest BCUT2D eigenvalue weighted by atomic mass is 10.1. The molecule has 1 aliphatic heterocycles. The van der Waals surface area contributed by atoms with Gasteiger partial charge in [-0.05, 0) is 47.1 Å². The standard InChI is InChI=1S/C14H27N5O/c1-5-11(15-2)9-13-16-14(17-20-13)12-10-18(3)7-6-8-19(12)4/h11-12,15H,5-10H2,1-4H3. The van der Waals surface area contributed by atoms with Crippen LogP contribution in [0.15, 0.2) is 4.52 Å². The number of aromatic nitrogens is 2. The van der Waals surface area contributed by atoms with Crippen LogP contribution in [0.2, 0.25) is 0 Å². The smallest absolute Gasteiger partial charge is 0.228 e. The number of nitrogens with zero attached hydrogens (tertiary/aromatic N) is 4. The molecule has 2 unspecified atom stereocenters. The Hall–Kier alpha value is -0.980. The Morgan fingerprint density at radius 1 is 1.40 bits per heavy atom. The van der Waals surface area contributed by atoms with Crippen molar-refractivity contribution < 1.29 is 4.52 Å².